The first-order chi connectivity index (χ1) is 18.6. The van der Waals surface area contributed by atoms with Gasteiger partial charge in [-0.3, -0.25) is 19.3 Å². The van der Waals surface area contributed by atoms with Crippen molar-refractivity contribution in [1.29, 1.82) is 0 Å². The number of amides is 1. The van der Waals surface area contributed by atoms with Gasteiger partial charge in [0.15, 0.2) is 0 Å². The molecule has 3 atom stereocenters. The molecule has 1 amide bonds. The zero-order valence-electron chi connectivity index (χ0n) is 22.7. The minimum absolute atomic E-state index is 0.0655. The summed E-state index contributed by atoms with van der Waals surface area (Å²) in [5.41, 5.74) is -0.425. The highest BCUT2D eigenvalue weighted by molar-refractivity contribution is 9.10. The molecule has 2 aromatic rings. The van der Waals surface area contributed by atoms with Crippen LogP contribution in [0, 0.1) is 0 Å². The number of benzene rings is 1. The Labute approximate surface area is 242 Å². The molecule has 1 aromatic heterocycles. The lowest BCUT2D eigenvalue weighted by molar-refractivity contribution is -0.189. The van der Waals surface area contributed by atoms with Gasteiger partial charge in [0.2, 0.25) is 5.91 Å². The Bertz CT molecular complexity index is 1280. The molecule has 2 heterocycles. The van der Waals surface area contributed by atoms with Gasteiger partial charge in [0.25, 0.3) is 0 Å². The molecule has 0 N–H and O–H groups in total. The molecule has 0 bridgehead atoms. The van der Waals surface area contributed by atoms with Crippen LogP contribution >= 0.6 is 27.3 Å². The molecule has 9 heteroatoms. The zero-order valence-corrected chi connectivity index (χ0v) is 25.1. The fourth-order valence-electron chi connectivity index (χ4n) is 6.22. The SMILES string of the molecule is C=CCN1CC[C@@]2(c3cccc(OC(C)=O)c3)C[C@H](N(C)C(=O)/C=C/c3cc(Br)cs3)CC[C@]2(OC(C)=O)C1. The number of likely N-dealkylation sites (tertiary alicyclic amines) is 1. The normalized spacial score (nSPS) is 25.1. The van der Waals surface area contributed by atoms with Crippen LogP contribution in [0.5, 0.6) is 5.75 Å². The Morgan fingerprint density at radius 1 is 1.23 bits per heavy atom. The van der Waals surface area contributed by atoms with E-state index in [-0.39, 0.29) is 17.9 Å². The van der Waals surface area contributed by atoms with Crippen LogP contribution in [-0.4, -0.2) is 66.0 Å². The lowest BCUT2D eigenvalue weighted by atomic mass is 9.55. The van der Waals surface area contributed by atoms with E-state index in [0.29, 0.717) is 38.1 Å². The molecule has 1 aromatic carbocycles. The standard InChI is InChI=1S/C30H35BrN2O5S/c1-5-14-33-15-13-29(23-7-6-8-26(16-23)37-21(2)34)18-25(11-12-30(29,20-33)38-22(3)35)32(4)28(36)10-9-27-17-24(31)19-39-27/h5-10,16-17,19,25H,1,11-15,18,20H2,2-4H3/b10-9+/t25-,29+,30+/m1/s1. The van der Waals surface area contributed by atoms with Crippen LogP contribution in [0.15, 0.2) is 58.9 Å². The summed E-state index contributed by atoms with van der Waals surface area (Å²) in [6, 6.07) is 9.45. The number of carbonyl (C=O) groups is 3. The smallest absolute Gasteiger partial charge is 0.308 e. The van der Waals surface area contributed by atoms with Gasteiger partial charge in [-0.15, -0.1) is 17.9 Å². The largest absolute Gasteiger partial charge is 0.457 e. The second-order valence-corrected chi connectivity index (χ2v) is 12.3. The third-order valence-electron chi connectivity index (χ3n) is 7.92. The van der Waals surface area contributed by atoms with E-state index in [4.69, 9.17) is 9.47 Å². The summed E-state index contributed by atoms with van der Waals surface area (Å²) in [6.07, 6.45) is 7.95. The first kappa shape index (κ1) is 29.2. The Morgan fingerprint density at radius 3 is 2.69 bits per heavy atom. The number of piperidine rings is 1. The quantitative estimate of drug-likeness (QED) is 0.167. The van der Waals surface area contributed by atoms with Crippen LogP contribution in [0.1, 0.15) is 50.0 Å². The Kier molecular flexibility index (Phi) is 9.14. The molecule has 7 nitrogen and oxygen atoms in total. The summed E-state index contributed by atoms with van der Waals surface area (Å²) in [7, 11) is 1.84. The average Bonchev–Trinajstić information content (AvgIpc) is 3.31. The fourth-order valence-corrected chi connectivity index (χ4v) is 7.56. The summed E-state index contributed by atoms with van der Waals surface area (Å²) < 4.78 is 12.7. The summed E-state index contributed by atoms with van der Waals surface area (Å²) in [6.45, 7) is 8.77. The van der Waals surface area contributed by atoms with Crippen molar-refractivity contribution >= 4 is 51.2 Å². The minimum Gasteiger partial charge on any atom is -0.457 e. The van der Waals surface area contributed by atoms with E-state index < -0.39 is 17.0 Å². The number of likely N-dealkylation sites (N-methyl/N-ethyl adjacent to an activating group) is 1. The number of ether oxygens (including phenoxy) is 2. The summed E-state index contributed by atoms with van der Waals surface area (Å²) >= 11 is 5.02. The van der Waals surface area contributed by atoms with E-state index in [1.54, 1.807) is 23.5 Å². The topological polar surface area (TPSA) is 76.2 Å². The second-order valence-electron chi connectivity index (χ2n) is 10.4. The molecular weight excluding hydrogens is 580 g/mol. The number of esters is 2. The molecule has 0 radical (unpaired) electrons. The number of carbonyl (C=O) groups excluding carboxylic acids is 3. The van der Waals surface area contributed by atoms with Gasteiger partial charge in [0.1, 0.15) is 11.4 Å². The lowest BCUT2D eigenvalue weighted by Gasteiger charge is -2.60. The van der Waals surface area contributed by atoms with Crippen LogP contribution < -0.4 is 4.74 Å². The maximum Gasteiger partial charge on any atom is 0.308 e. The molecular formula is C30H35BrN2O5S. The lowest BCUT2D eigenvalue weighted by Crippen LogP contribution is -2.68. The predicted octanol–water partition coefficient (Wildman–Crippen LogP) is 5.59. The molecule has 1 saturated carbocycles. The van der Waals surface area contributed by atoms with Gasteiger partial charge in [-0.05, 0) is 78.0 Å². The third kappa shape index (κ3) is 6.36. The van der Waals surface area contributed by atoms with Crippen molar-refractivity contribution in [3.63, 3.8) is 0 Å². The Balaban J connectivity index is 1.72. The van der Waals surface area contributed by atoms with Crippen LogP contribution in [0.2, 0.25) is 0 Å². The van der Waals surface area contributed by atoms with Crippen LogP contribution in [-0.2, 0) is 24.5 Å². The van der Waals surface area contributed by atoms with E-state index >= 15 is 0 Å². The first-order valence-electron chi connectivity index (χ1n) is 13.1. The second kappa shape index (κ2) is 12.2. The van der Waals surface area contributed by atoms with Crippen LogP contribution in [0.4, 0.5) is 0 Å². The highest BCUT2D eigenvalue weighted by Gasteiger charge is 2.61. The number of hydrogen-bond donors (Lipinski definition) is 0. The van der Waals surface area contributed by atoms with E-state index in [1.807, 2.05) is 53.7 Å². The zero-order chi connectivity index (χ0) is 28.2. The van der Waals surface area contributed by atoms with E-state index in [9.17, 15) is 14.4 Å². The molecule has 2 aliphatic rings. The van der Waals surface area contributed by atoms with Gasteiger partial charge in [0.05, 0.1) is 0 Å². The molecule has 2 fully saturated rings. The number of hydrogen-bond acceptors (Lipinski definition) is 7. The van der Waals surface area contributed by atoms with Crippen molar-refractivity contribution in [2.45, 2.75) is 56.6 Å². The van der Waals surface area contributed by atoms with Gasteiger partial charge in [-0.25, -0.2) is 0 Å². The molecule has 1 aliphatic heterocycles. The van der Waals surface area contributed by atoms with E-state index in [0.717, 1.165) is 27.9 Å². The van der Waals surface area contributed by atoms with Crippen LogP contribution in [0.25, 0.3) is 6.08 Å². The number of rotatable bonds is 8. The maximum absolute atomic E-state index is 13.3. The van der Waals surface area contributed by atoms with Crippen molar-refractivity contribution in [3.8, 4) is 5.75 Å². The number of halogens is 1. The molecule has 0 unspecified atom stereocenters. The van der Waals surface area contributed by atoms with Gasteiger partial charge in [-0.1, -0.05) is 18.2 Å². The molecule has 0 spiro atoms. The van der Waals surface area contributed by atoms with Crippen molar-refractivity contribution in [2.24, 2.45) is 0 Å². The molecule has 208 valence electrons. The van der Waals surface area contributed by atoms with Crippen molar-refractivity contribution in [1.82, 2.24) is 9.80 Å². The van der Waals surface area contributed by atoms with Crippen molar-refractivity contribution in [3.05, 3.63) is 69.4 Å². The van der Waals surface area contributed by atoms with Gasteiger partial charge in [-0.2, -0.15) is 0 Å². The highest BCUT2D eigenvalue weighted by atomic mass is 79.9. The monoisotopic (exact) mass is 614 g/mol. The van der Waals surface area contributed by atoms with Gasteiger partial charge in [0, 0.05) is 66.2 Å². The van der Waals surface area contributed by atoms with Crippen molar-refractivity contribution in [2.75, 3.05) is 26.7 Å². The highest BCUT2D eigenvalue weighted by Crippen LogP contribution is 2.54. The fraction of sp³-hybridized carbons (Fsp3) is 0.433. The number of fused-ring (bicyclic) bond motifs is 1. The van der Waals surface area contributed by atoms with Gasteiger partial charge >= 0.3 is 11.9 Å². The van der Waals surface area contributed by atoms with Crippen LogP contribution in [0.3, 0.4) is 0 Å². The average molecular weight is 616 g/mol. The number of nitrogens with zero attached hydrogens (tertiary/aromatic N) is 2. The number of thiophene rings is 1. The van der Waals surface area contributed by atoms with Crippen molar-refractivity contribution < 1.29 is 23.9 Å². The Morgan fingerprint density at radius 2 is 2.03 bits per heavy atom. The Hall–Kier alpha value is -2.75. The molecule has 1 saturated heterocycles. The first-order valence-corrected chi connectivity index (χ1v) is 14.8. The molecule has 1 aliphatic carbocycles. The van der Waals surface area contributed by atoms with Gasteiger partial charge < -0.3 is 14.4 Å². The maximum atomic E-state index is 13.3. The minimum atomic E-state index is -0.797. The summed E-state index contributed by atoms with van der Waals surface area (Å²) in [4.78, 5) is 42.6. The van der Waals surface area contributed by atoms with E-state index in [1.165, 1.54) is 13.8 Å². The summed E-state index contributed by atoms with van der Waals surface area (Å²) in [5.74, 6) is -0.342. The molecule has 39 heavy (non-hydrogen) atoms. The van der Waals surface area contributed by atoms with E-state index in [2.05, 4.69) is 27.4 Å². The predicted molar refractivity (Wildman–Crippen MR) is 157 cm³/mol. The summed E-state index contributed by atoms with van der Waals surface area (Å²) in [5, 5.41) is 1.98. The third-order valence-corrected chi connectivity index (χ3v) is 9.58. The molecule has 4 rings (SSSR count).